The van der Waals surface area contributed by atoms with Crippen LogP contribution in [0.3, 0.4) is 0 Å². The zero-order valence-corrected chi connectivity index (χ0v) is 16.7. The molecular weight excluding hydrogens is 407 g/mol. The SMILES string of the molecule is COc1ccc(F)cc1/C(O)=C1\C(=O)C(=O)N(Cc2cccs2)C1c1ccncc1. The number of methoxy groups -OCH3 is 1. The first-order valence-corrected chi connectivity index (χ1v) is 9.94. The van der Waals surface area contributed by atoms with Crippen LogP contribution < -0.4 is 4.74 Å². The number of halogens is 1. The van der Waals surface area contributed by atoms with E-state index in [9.17, 15) is 19.1 Å². The van der Waals surface area contributed by atoms with Gasteiger partial charge in [-0.25, -0.2) is 4.39 Å². The highest BCUT2D eigenvalue weighted by molar-refractivity contribution is 7.09. The molecule has 1 aromatic carbocycles. The third-order valence-corrected chi connectivity index (χ3v) is 5.75. The summed E-state index contributed by atoms with van der Waals surface area (Å²) in [5.41, 5.74) is 0.495. The number of aliphatic hydroxyl groups excluding tert-OH is 1. The quantitative estimate of drug-likeness (QED) is 0.382. The van der Waals surface area contributed by atoms with Crippen LogP contribution in [0.1, 0.15) is 22.0 Å². The molecule has 152 valence electrons. The fourth-order valence-electron chi connectivity index (χ4n) is 3.52. The predicted molar refractivity (Wildman–Crippen MR) is 109 cm³/mol. The highest BCUT2D eigenvalue weighted by Gasteiger charge is 2.46. The van der Waals surface area contributed by atoms with Gasteiger partial charge in [0.25, 0.3) is 11.7 Å². The van der Waals surface area contributed by atoms with E-state index in [4.69, 9.17) is 4.74 Å². The molecule has 0 bridgehead atoms. The molecule has 3 heterocycles. The number of aromatic nitrogens is 1. The van der Waals surface area contributed by atoms with E-state index in [0.29, 0.717) is 5.56 Å². The van der Waals surface area contributed by atoms with Crippen LogP contribution in [0.15, 0.2) is 65.8 Å². The average Bonchev–Trinajstić information content (AvgIpc) is 3.36. The monoisotopic (exact) mass is 424 g/mol. The summed E-state index contributed by atoms with van der Waals surface area (Å²) in [6, 6.07) is 9.84. The number of carbonyl (C=O) groups excluding carboxylic acids is 2. The molecule has 1 unspecified atom stereocenters. The molecule has 3 aromatic rings. The Morgan fingerprint density at radius 2 is 2.00 bits per heavy atom. The molecule has 0 spiro atoms. The van der Waals surface area contributed by atoms with E-state index in [1.165, 1.54) is 35.5 Å². The number of ether oxygens (including phenoxy) is 1. The van der Waals surface area contributed by atoms with E-state index in [1.54, 1.807) is 24.5 Å². The lowest BCUT2D eigenvalue weighted by Crippen LogP contribution is -2.28. The van der Waals surface area contributed by atoms with E-state index in [2.05, 4.69) is 4.98 Å². The summed E-state index contributed by atoms with van der Waals surface area (Å²) in [6.07, 6.45) is 3.09. The summed E-state index contributed by atoms with van der Waals surface area (Å²) in [5.74, 6) is -2.48. The Morgan fingerprint density at radius 3 is 2.67 bits per heavy atom. The Kier molecular flexibility index (Phi) is 5.33. The Bertz CT molecular complexity index is 1130. The van der Waals surface area contributed by atoms with Gasteiger partial charge >= 0.3 is 0 Å². The lowest BCUT2D eigenvalue weighted by atomic mass is 9.95. The van der Waals surface area contributed by atoms with Crippen LogP contribution in [0.2, 0.25) is 0 Å². The van der Waals surface area contributed by atoms with Crippen LogP contribution in [0.25, 0.3) is 5.76 Å². The third kappa shape index (κ3) is 3.46. The summed E-state index contributed by atoms with van der Waals surface area (Å²) < 4.78 is 19.1. The molecule has 30 heavy (non-hydrogen) atoms. The van der Waals surface area contributed by atoms with Gasteiger partial charge < -0.3 is 14.7 Å². The summed E-state index contributed by atoms with van der Waals surface area (Å²) in [6.45, 7) is 0.201. The number of ketones is 1. The number of nitrogens with zero attached hydrogens (tertiary/aromatic N) is 2. The van der Waals surface area contributed by atoms with Crippen molar-refractivity contribution in [3.63, 3.8) is 0 Å². The first-order valence-electron chi connectivity index (χ1n) is 9.06. The second-order valence-corrected chi connectivity index (χ2v) is 7.66. The number of likely N-dealkylation sites (tertiary alicyclic amines) is 1. The fourth-order valence-corrected chi connectivity index (χ4v) is 4.22. The van der Waals surface area contributed by atoms with Crippen molar-refractivity contribution >= 4 is 28.8 Å². The van der Waals surface area contributed by atoms with Crippen LogP contribution in [0.5, 0.6) is 5.75 Å². The second-order valence-electron chi connectivity index (χ2n) is 6.63. The zero-order chi connectivity index (χ0) is 21.3. The first-order chi connectivity index (χ1) is 14.5. The van der Waals surface area contributed by atoms with Gasteiger partial charge in [-0.1, -0.05) is 6.07 Å². The maximum Gasteiger partial charge on any atom is 0.295 e. The largest absolute Gasteiger partial charge is 0.507 e. The van der Waals surface area contributed by atoms with Crippen molar-refractivity contribution < 1.29 is 23.8 Å². The molecule has 1 fully saturated rings. The van der Waals surface area contributed by atoms with E-state index in [0.717, 1.165) is 10.9 Å². The van der Waals surface area contributed by atoms with Crippen molar-refractivity contribution in [2.45, 2.75) is 12.6 Å². The van der Waals surface area contributed by atoms with Gasteiger partial charge in [0.2, 0.25) is 0 Å². The van der Waals surface area contributed by atoms with E-state index in [-0.39, 0.29) is 23.4 Å². The number of hydrogen-bond donors (Lipinski definition) is 1. The van der Waals surface area contributed by atoms with Crippen molar-refractivity contribution in [1.82, 2.24) is 9.88 Å². The predicted octanol–water partition coefficient (Wildman–Crippen LogP) is 3.91. The van der Waals surface area contributed by atoms with Crippen LogP contribution in [0, 0.1) is 5.82 Å². The lowest BCUT2D eigenvalue weighted by molar-refractivity contribution is -0.140. The minimum atomic E-state index is -0.844. The number of Topliss-reactive ketones (excluding diaryl/α,β-unsaturated/α-hetero) is 1. The molecule has 0 saturated carbocycles. The number of carbonyl (C=O) groups is 2. The molecule has 1 aliphatic rings. The average molecular weight is 424 g/mol. The number of benzene rings is 1. The van der Waals surface area contributed by atoms with Gasteiger partial charge in [-0.05, 0) is 47.3 Å². The van der Waals surface area contributed by atoms with Gasteiger partial charge in [-0.15, -0.1) is 11.3 Å². The smallest absolute Gasteiger partial charge is 0.295 e. The minimum absolute atomic E-state index is 0.00526. The molecule has 1 aliphatic heterocycles. The van der Waals surface area contributed by atoms with Crippen LogP contribution in [-0.4, -0.2) is 33.8 Å². The van der Waals surface area contributed by atoms with Crippen molar-refractivity contribution in [1.29, 1.82) is 0 Å². The molecule has 0 aliphatic carbocycles. The topological polar surface area (TPSA) is 79.7 Å². The molecule has 4 rings (SSSR count). The van der Waals surface area contributed by atoms with Crippen molar-refractivity contribution in [3.8, 4) is 5.75 Å². The normalized spacial score (nSPS) is 18.1. The maximum atomic E-state index is 13.9. The summed E-state index contributed by atoms with van der Waals surface area (Å²) in [4.78, 5) is 32.1. The first kappa shape index (κ1) is 19.8. The highest BCUT2D eigenvalue weighted by atomic mass is 32.1. The zero-order valence-electron chi connectivity index (χ0n) is 15.9. The van der Waals surface area contributed by atoms with Crippen molar-refractivity contribution in [3.05, 3.63) is 87.6 Å². The molecule has 2 aromatic heterocycles. The number of aliphatic hydroxyl groups is 1. The number of amides is 1. The van der Waals surface area contributed by atoms with Crippen LogP contribution in [0.4, 0.5) is 4.39 Å². The molecule has 1 saturated heterocycles. The summed E-state index contributed by atoms with van der Waals surface area (Å²) in [7, 11) is 1.37. The third-order valence-electron chi connectivity index (χ3n) is 4.88. The van der Waals surface area contributed by atoms with Gasteiger partial charge in [-0.3, -0.25) is 14.6 Å². The number of rotatable bonds is 5. The Hall–Kier alpha value is -3.52. The Balaban J connectivity index is 1.90. The number of pyridine rings is 1. The van der Waals surface area contributed by atoms with Gasteiger partial charge in [0, 0.05) is 17.3 Å². The molecule has 6 nitrogen and oxygen atoms in total. The molecule has 1 atom stereocenters. The Labute approximate surface area is 175 Å². The standard InChI is InChI=1S/C22H17FN2O4S/c1-29-17-5-4-14(23)11-16(17)20(26)18-19(13-6-8-24-9-7-13)25(22(28)21(18)27)12-15-3-2-10-30-15/h2-11,19,26H,12H2,1H3/b20-18+. The van der Waals surface area contributed by atoms with Crippen molar-refractivity contribution in [2.75, 3.05) is 7.11 Å². The molecule has 1 amide bonds. The van der Waals surface area contributed by atoms with E-state index in [1.807, 2.05) is 17.5 Å². The Morgan fingerprint density at radius 1 is 1.23 bits per heavy atom. The van der Waals surface area contributed by atoms with Gasteiger partial charge in [0.15, 0.2) is 0 Å². The fraction of sp³-hybridized carbons (Fsp3) is 0.136. The number of thiophene rings is 1. The maximum absolute atomic E-state index is 13.9. The van der Waals surface area contributed by atoms with Crippen LogP contribution >= 0.6 is 11.3 Å². The summed E-state index contributed by atoms with van der Waals surface area (Å²) in [5, 5.41) is 12.9. The summed E-state index contributed by atoms with van der Waals surface area (Å²) >= 11 is 1.46. The van der Waals surface area contributed by atoms with Crippen molar-refractivity contribution in [2.24, 2.45) is 0 Å². The second kappa shape index (κ2) is 8.08. The van der Waals surface area contributed by atoms with Gasteiger partial charge in [0.05, 0.1) is 30.8 Å². The number of hydrogen-bond acceptors (Lipinski definition) is 6. The minimum Gasteiger partial charge on any atom is -0.507 e. The molecular formula is C22H17FN2O4S. The van der Waals surface area contributed by atoms with E-state index >= 15 is 0 Å². The lowest BCUT2D eigenvalue weighted by Gasteiger charge is -2.24. The molecule has 1 N–H and O–H groups in total. The van der Waals surface area contributed by atoms with Crippen LogP contribution in [-0.2, 0) is 16.1 Å². The molecule has 0 radical (unpaired) electrons. The van der Waals surface area contributed by atoms with E-state index < -0.39 is 29.3 Å². The highest BCUT2D eigenvalue weighted by Crippen LogP contribution is 2.41. The van der Waals surface area contributed by atoms with Gasteiger partial charge in [-0.2, -0.15) is 0 Å². The molecule has 8 heteroatoms. The van der Waals surface area contributed by atoms with Gasteiger partial charge in [0.1, 0.15) is 17.3 Å².